The zero-order chi connectivity index (χ0) is 17.0. The largest absolute Gasteiger partial charge is 0.454 e. The van der Waals surface area contributed by atoms with Crippen LogP contribution in [0.5, 0.6) is 11.5 Å². The van der Waals surface area contributed by atoms with Crippen molar-refractivity contribution in [3.8, 4) is 11.5 Å². The highest BCUT2D eigenvalue weighted by atomic mass is 16.7. The molecule has 25 heavy (non-hydrogen) atoms. The molecule has 0 aliphatic carbocycles. The van der Waals surface area contributed by atoms with Crippen LogP contribution in [0.3, 0.4) is 0 Å². The number of cyclic esters (lactones) is 1. The fraction of sp³-hybridized carbons (Fsp3) is 0.222. The topological polar surface area (TPSA) is 86.4 Å². The van der Waals surface area contributed by atoms with Crippen LogP contribution in [-0.4, -0.2) is 36.3 Å². The minimum absolute atomic E-state index is 0.127. The molecule has 0 aromatic heterocycles. The molecule has 0 bridgehead atoms. The zero-order valence-electron chi connectivity index (χ0n) is 13.3. The van der Waals surface area contributed by atoms with Crippen LogP contribution in [0.2, 0.25) is 0 Å². The first-order valence-corrected chi connectivity index (χ1v) is 8.02. The van der Waals surface area contributed by atoms with Crippen molar-refractivity contribution in [3.05, 3.63) is 53.1 Å². The first-order valence-electron chi connectivity index (χ1n) is 8.02. The van der Waals surface area contributed by atoms with Crippen molar-refractivity contribution in [2.24, 2.45) is 5.10 Å². The maximum Gasteiger partial charge on any atom is 0.430 e. The maximum absolute atomic E-state index is 12.1. The van der Waals surface area contributed by atoms with Crippen molar-refractivity contribution in [2.75, 3.05) is 19.1 Å². The predicted molar refractivity (Wildman–Crippen MR) is 89.7 cm³/mol. The molecule has 7 nitrogen and oxygen atoms in total. The summed E-state index contributed by atoms with van der Waals surface area (Å²) in [5.41, 5.74) is 10.0. The number of anilines is 1. The van der Waals surface area contributed by atoms with Crippen molar-refractivity contribution in [3.63, 3.8) is 0 Å². The van der Waals surface area contributed by atoms with Gasteiger partial charge in [-0.15, -0.1) is 0 Å². The van der Waals surface area contributed by atoms with Crippen LogP contribution >= 0.6 is 0 Å². The molecule has 1 saturated heterocycles. The number of fused-ring (bicyclic) bond motifs is 3. The first-order chi connectivity index (χ1) is 12.2. The van der Waals surface area contributed by atoms with Gasteiger partial charge in [0.05, 0.1) is 11.8 Å². The monoisotopic (exact) mass is 337 g/mol. The van der Waals surface area contributed by atoms with E-state index in [-0.39, 0.29) is 12.8 Å². The van der Waals surface area contributed by atoms with Gasteiger partial charge in [-0.2, -0.15) is 10.1 Å². The summed E-state index contributed by atoms with van der Waals surface area (Å²) >= 11 is 0. The van der Waals surface area contributed by atoms with E-state index in [1.54, 1.807) is 0 Å². The Hall–Kier alpha value is -3.22. The standard InChI is InChI=1S/C18H15N3O4/c19-12-3-1-10(2-4-12)17-14-7-16-15(24-9-25-16)6-11(14)5-13-8-23-18(22)21(13)20-17/h1-4,6-7,13H,5,8-9,19H2. The number of carbonyl (C=O) groups is 1. The number of rotatable bonds is 1. The van der Waals surface area contributed by atoms with E-state index in [9.17, 15) is 4.79 Å². The average molecular weight is 337 g/mol. The van der Waals surface area contributed by atoms with Crippen LogP contribution in [0.25, 0.3) is 0 Å². The van der Waals surface area contributed by atoms with E-state index in [0.717, 1.165) is 16.7 Å². The fourth-order valence-electron chi connectivity index (χ4n) is 3.36. The lowest BCUT2D eigenvalue weighted by atomic mass is 9.94. The predicted octanol–water partition coefficient (Wildman–Crippen LogP) is 2.13. The van der Waals surface area contributed by atoms with Gasteiger partial charge in [-0.1, -0.05) is 12.1 Å². The number of carbonyl (C=O) groups excluding carboxylic acids is 1. The van der Waals surface area contributed by atoms with E-state index >= 15 is 0 Å². The van der Waals surface area contributed by atoms with E-state index in [2.05, 4.69) is 5.10 Å². The highest BCUT2D eigenvalue weighted by molar-refractivity contribution is 6.14. The van der Waals surface area contributed by atoms with Crippen molar-refractivity contribution >= 4 is 17.5 Å². The molecule has 3 aliphatic rings. The minimum Gasteiger partial charge on any atom is -0.454 e. The van der Waals surface area contributed by atoms with Gasteiger partial charge in [-0.3, -0.25) is 0 Å². The Balaban J connectivity index is 1.72. The molecule has 2 aromatic carbocycles. The number of hydrazone groups is 1. The number of hydrogen-bond donors (Lipinski definition) is 1. The summed E-state index contributed by atoms with van der Waals surface area (Å²) in [6.07, 6.45) is 0.213. The molecule has 126 valence electrons. The van der Waals surface area contributed by atoms with Crippen LogP contribution < -0.4 is 15.2 Å². The van der Waals surface area contributed by atoms with E-state index in [1.807, 2.05) is 36.4 Å². The van der Waals surface area contributed by atoms with Gasteiger partial charge >= 0.3 is 6.09 Å². The second kappa shape index (κ2) is 5.14. The summed E-state index contributed by atoms with van der Waals surface area (Å²) < 4.78 is 16.2. The molecule has 3 heterocycles. The molecule has 0 radical (unpaired) electrons. The van der Waals surface area contributed by atoms with Crippen molar-refractivity contribution < 1.29 is 19.0 Å². The summed E-state index contributed by atoms with van der Waals surface area (Å²) in [5, 5.41) is 6.05. The third kappa shape index (κ3) is 2.20. The molecule has 2 aromatic rings. The average Bonchev–Trinajstić information content (AvgIpc) is 3.16. The number of nitrogen functional groups attached to an aromatic ring is 1. The summed E-state index contributed by atoms with van der Waals surface area (Å²) in [6, 6.07) is 11.2. The molecule has 1 fully saturated rings. The molecule has 1 amide bonds. The van der Waals surface area contributed by atoms with Gasteiger partial charge < -0.3 is 19.9 Å². The Kier molecular flexibility index (Phi) is 2.91. The van der Waals surface area contributed by atoms with Gasteiger partial charge in [0.25, 0.3) is 0 Å². The summed E-state index contributed by atoms with van der Waals surface area (Å²) in [6.45, 7) is 0.537. The SMILES string of the molecule is Nc1ccc(C2=NN3C(=O)OCC3Cc3cc4c(cc32)OCO4)cc1. The fourth-order valence-corrected chi connectivity index (χ4v) is 3.36. The molecule has 1 unspecified atom stereocenters. The maximum atomic E-state index is 12.1. The second-order valence-electron chi connectivity index (χ2n) is 6.21. The van der Waals surface area contributed by atoms with Crippen molar-refractivity contribution in [1.82, 2.24) is 5.01 Å². The first kappa shape index (κ1) is 14.2. The summed E-state index contributed by atoms with van der Waals surface area (Å²) in [4.78, 5) is 12.1. The molecule has 2 N–H and O–H groups in total. The molecule has 0 spiro atoms. The van der Waals surface area contributed by atoms with Crippen LogP contribution in [0.4, 0.5) is 10.5 Å². The molecule has 1 atom stereocenters. The zero-order valence-corrected chi connectivity index (χ0v) is 13.3. The number of benzene rings is 2. The number of hydrogen-bond acceptors (Lipinski definition) is 6. The lowest BCUT2D eigenvalue weighted by Crippen LogP contribution is -2.29. The highest BCUT2D eigenvalue weighted by Gasteiger charge is 2.37. The van der Waals surface area contributed by atoms with Gasteiger partial charge in [0.2, 0.25) is 6.79 Å². The van der Waals surface area contributed by atoms with Gasteiger partial charge in [0, 0.05) is 16.8 Å². The van der Waals surface area contributed by atoms with E-state index < -0.39 is 6.09 Å². The third-order valence-corrected chi connectivity index (χ3v) is 4.63. The van der Waals surface area contributed by atoms with E-state index in [1.165, 1.54) is 5.01 Å². The number of nitrogens with zero attached hydrogens (tertiary/aromatic N) is 2. The van der Waals surface area contributed by atoms with E-state index in [4.69, 9.17) is 19.9 Å². The lowest BCUT2D eigenvalue weighted by molar-refractivity contribution is 0.159. The Morgan fingerprint density at radius 3 is 2.64 bits per heavy atom. The molecular formula is C18H15N3O4. The highest BCUT2D eigenvalue weighted by Crippen LogP contribution is 2.38. The van der Waals surface area contributed by atoms with E-state index in [0.29, 0.717) is 35.9 Å². The lowest BCUT2D eigenvalue weighted by Gasteiger charge is -2.13. The van der Waals surface area contributed by atoms with Gasteiger partial charge in [0.15, 0.2) is 11.5 Å². The Morgan fingerprint density at radius 2 is 1.84 bits per heavy atom. The quantitative estimate of drug-likeness (QED) is 0.806. The Bertz CT molecular complexity index is 907. The number of amides is 1. The number of ether oxygens (including phenoxy) is 3. The Labute approximate surface area is 143 Å². The smallest absolute Gasteiger partial charge is 0.430 e. The van der Waals surface area contributed by atoms with Crippen LogP contribution in [0, 0.1) is 0 Å². The molecule has 5 rings (SSSR count). The molecule has 3 aliphatic heterocycles. The second-order valence-corrected chi connectivity index (χ2v) is 6.21. The number of nitrogens with two attached hydrogens (primary N) is 1. The van der Waals surface area contributed by atoms with Gasteiger partial charge in [-0.25, -0.2) is 4.79 Å². The molecule has 0 saturated carbocycles. The van der Waals surface area contributed by atoms with Gasteiger partial charge in [-0.05, 0) is 36.2 Å². The molecular weight excluding hydrogens is 322 g/mol. The van der Waals surface area contributed by atoms with Gasteiger partial charge in [0.1, 0.15) is 6.61 Å². The van der Waals surface area contributed by atoms with Crippen LogP contribution in [-0.2, 0) is 11.2 Å². The molecule has 7 heteroatoms. The Morgan fingerprint density at radius 1 is 1.08 bits per heavy atom. The van der Waals surface area contributed by atoms with Crippen LogP contribution in [0.15, 0.2) is 41.5 Å². The van der Waals surface area contributed by atoms with Crippen LogP contribution in [0.1, 0.15) is 16.7 Å². The summed E-state index contributed by atoms with van der Waals surface area (Å²) in [5.74, 6) is 1.40. The third-order valence-electron chi connectivity index (χ3n) is 4.63. The summed E-state index contributed by atoms with van der Waals surface area (Å²) in [7, 11) is 0. The van der Waals surface area contributed by atoms with Crippen molar-refractivity contribution in [2.45, 2.75) is 12.5 Å². The normalized spacial score (nSPS) is 20.5. The van der Waals surface area contributed by atoms with Crippen molar-refractivity contribution in [1.29, 1.82) is 0 Å². The minimum atomic E-state index is -0.425.